The van der Waals surface area contributed by atoms with Gasteiger partial charge in [0.25, 0.3) is 0 Å². The van der Waals surface area contributed by atoms with Gasteiger partial charge in [0.15, 0.2) is 9.84 Å². The largest absolute Gasteiger partial charge is 0.384 e. The van der Waals surface area contributed by atoms with Gasteiger partial charge in [-0.25, -0.2) is 8.42 Å². The summed E-state index contributed by atoms with van der Waals surface area (Å²) in [5.41, 5.74) is 0.986. The predicted octanol–water partition coefficient (Wildman–Crippen LogP) is 2.77. The summed E-state index contributed by atoms with van der Waals surface area (Å²) in [6.07, 6.45) is 5.34. The van der Waals surface area contributed by atoms with Crippen LogP contribution in [0.2, 0.25) is 0 Å². The highest BCUT2D eigenvalue weighted by atomic mass is 32.2. The number of likely N-dealkylation sites (tertiary alicyclic amines) is 1. The van der Waals surface area contributed by atoms with Crippen molar-refractivity contribution in [3.63, 3.8) is 0 Å². The lowest BCUT2D eigenvalue weighted by Gasteiger charge is -2.20. The summed E-state index contributed by atoms with van der Waals surface area (Å²) < 4.78 is 23.5. The van der Waals surface area contributed by atoms with Crippen LogP contribution >= 0.6 is 0 Å². The normalized spacial score (nSPS) is 17.4. The van der Waals surface area contributed by atoms with Crippen molar-refractivity contribution in [3.05, 3.63) is 24.3 Å². The van der Waals surface area contributed by atoms with E-state index in [1.807, 2.05) is 12.1 Å². The van der Waals surface area contributed by atoms with Crippen LogP contribution < -0.4 is 5.32 Å². The van der Waals surface area contributed by atoms with Crippen LogP contribution in [-0.4, -0.2) is 45.2 Å². The Balaban J connectivity index is 1.81. The fraction of sp³-hybridized carbons (Fsp3) is 0.625. The smallest absolute Gasteiger partial charge is 0.178 e. The first-order valence-corrected chi connectivity index (χ1v) is 9.56. The van der Waals surface area contributed by atoms with Gasteiger partial charge in [0.2, 0.25) is 0 Å². The second kappa shape index (κ2) is 7.80. The molecule has 1 aromatic carbocycles. The Morgan fingerprint density at radius 2 is 1.67 bits per heavy atom. The fourth-order valence-electron chi connectivity index (χ4n) is 2.66. The van der Waals surface area contributed by atoms with Crippen LogP contribution in [-0.2, 0) is 9.84 Å². The van der Waals surface area contributed by atoms with Crippen LogP contribution in [0.25, 0.3) is 0 Å². The van der Waals surface area contributed by atoms with Crippen LogP contribution in [0.15, 0.2) is 29.2 Å². The molecule has 0 spiro atoms. The van der Waals surface area contributed by atoms with Crippen molar-refractivity contribution in [3.8, 4) is 0 Å². The molecule has 0 saturated carbocycles. The van der Waals surface area contributed by atoms with E-state index >= 15 is 0 Å². The van der Waals surface area contributed by atoms with Crippen LogP contribution in [0.4, 0.5) is 5.69 Å². The van der Waals surface area contributed by atoms with E-state index in [4.69, 9.17) is 0 Å². The lowest BCUT2D eigenvalue weighted by atomic mass is 10.2. The molecule has 5 heteroatoms. The Bertz CT molecular complexity index is 518. The van der Waals surface area contributed by atoms with E-state index in [9.17, 15) is 8.42 Å². The highest BCUT2D eigenvalue weighted by molar-refractivity contribution is 7.91. The van der Waals surface area contributed by atoms with Crippen molar-refractivity contribution in [1.29, 1.82) is 0 Å². The average Bonchev–Trinajstić information content (AvgIpc) is 2.77. The molecule has 0 amide bonds. The first-order valence-electron chi connectivity index (χ1n) is 7.91. The molecule has 1 saturated heterocycles. The number of sulfone groups is 1. The van der Waals surface area contributed by atoms with Gasteiger partial charge in [-0.2, -0.15) is 0 Å². The highest BCUT2D eigenvalue weighted by Crippen LogP contribution is 2.15. The molecule has 2 rings (SSSR count). The first-order chi connectivity index (χ1) is 10.1. The van der Waals surface area contributed by atoms with Gasteiger partial charge in [-0.3, -0.25) is 0 Å². The molecular formula is C16H26N2O2S. The maximum atomic E-state index is 11.7. The third-order valence-electron chi connectivity index (χ3n) is 4.05. The van der Waals surface area contributed by atoms with E-state index in [1.165, 1.54) is 38.8 Å². The van der Waals surface area contributed by atoms with Crippen LogP contribution in [0.1, 0.15) is 32.6 Å². The second-order valence-electron chi connectivity index (χ2n) is 5.61. The monoisotopic (exact) mass is 310 g/mol. The number of nitrogens with zero attached hydrogens (tertiary/aromatic N) is 1. The molecule has 4 nitrogen and oxygen atoms in total. The van der Waals surface area contributed by atoms with E-state index in [-0.39, 0.29) is 5.75 Å². The molecule has 0 aromatic heterocycles. The van der Waals surface area contributed by atoms with Crippen LogP contribution in [0, 0.1) is 0 Å². The minimum atomic E-state index is -3.09. The number of hydrogen-bond donors (Lipinski definition) is 1. The molecule has 0 aliphatic carbocycles. The number of nitrogens with one attached hydrogen (secondary N) is 1. The molecule has 1 fully saturated rings. The molecule has 118 valence electrons. The fourth-order valence-corrected chi connectivity index (χ4v) is 3.55. The lowest BCUT2D eigenvalue weighted by Crippen LogP contribution is -2.29. The number of rotatable bonds is 6. The molecule has 0 radical (unpaired) electrons. The summed E-state index contributed by atoms with van der Waals surface area (Å²) in [6.45, 7) is 6.03. The SMILES string of the molecule is CCS(=O)(=O)c1ccc(NCCN2CCCCCC2)cc1. The quantitative estimate of drug-likeness (QED) is 0.878. The number of benzene rings is 1. The van der Waals surface area contributed by atoms with Gasteiger partial charge in [-0.15, -0.1) is 0 Å². The Labute approximate surface area is 128 Å². The Hall–Kier alpha value is -1.07. The topological polar surface area (TPSA) is 49.4 Å². The average molecular weight is 310 g/mol. The van der Waals surface area contributed by atoms with E-state index in [0.29, 0.717) is 4.90 Å². The van der Waals surface area contributed by atoms with E-state index < -0.39 is 9.84 Å². The summed E-state index contributed by atoms with van der Waals surface area (Å²) in [7, 11) is -3.09. The van der Waals surface area contributed by atoms with Gasteiger partial charge < -0.3 is 10.2 Å². The Morgan fingerprint density at radius 1 is 1.05 bits per heavy atom. The van der Waals surface area contributed by atoms with Crippen molar-refractivity contribution in [1.82, 2.24) is 4.90 Å². The van der Waals surface area contributed by atoms with Gasteiger partial charge in [0.1, 0.15) is 0 Å². The van der Waals surface area contributed by atoms with Crippen molar-refractivity contribution in [2.75, 3.05) is 37.2 Å². The number of hydrogen-bond acceptors (Lipinski definition) is 4. The van der Waals surface area contributed by atoms with E-state index in [2.05, 4.69) is 10.2 Å². The maximum Gasteiger partial charge on any atom is 0.178 e. The molecule has 0 atom stereocenters. The summed E-state index contributed by atoms with van der Waals surface area (Å²) in [5, 5.41) is 3.37. The molecular weight excluding hydrogens is 284 g/mol. The van der Waals surface area contributed by atoms with Crippen molar-refractivity contribution >= 4 is 15.5 Å². The van der Waals surface area contributed by atoms with Crippen molar-refractivity contribution in [2.45, 2.75) is 37.5 Å². The summed E-state index contributed by atoms with van der Waals surface area (Å²) in [6, 6.07) is 7.08. The summed E-state index contributed by atoms with van der Waals surface area (Å²) in [4.78, 5) is 2.92. The Morgan fingerprint density at radius 3 is 2.24 bits per heavy atom. The van der Waals surface area contributed by atoms with Crippen LogP contribution in [0.3, 0.4) is 0 Å². The zero-order valence-electron chi connectivity index (χ0n) is 12.8. The summed E-state index contributed by atoms with van der Waals surface area (Å²) in [5.74, 6) is 0.148. The van der Waals surface area contributed by atoms with Gasteiger partial charge in [0, 0.05) is 18.8 Å². The lowest BCUT2D eigenvalue weighted by molar-refractivity contribution is 0.296. The third-order valence-corrected chi connectivity index (χ3v) is 5.80. The standard InChI is InChI=1S/C16H26N2O2S/c1-2-21(19,20)16-9-7-15(8-10-16)17-11-14-18-12-5-3-4-6-13-18/h7-10,17H,2-6,11-14H2,1H3. The minimum absolute atomic E-state index is 0.148. The van der Waals surface area contributed by atoms with Gasteiger partial charge in [-0.05, 0) is 50.2 Å². The maximum absolute atomic E-state index is 11.7. The molecule has 21 heavy (non-hydrogen) atoms. The van der Waals surface area contributed by atoms with Crippen molar-refractivity contribution in [2.24, 2.45) is 0 Å². The zero-order chi connectivity index (χ0) is 15.1. The van der Waals surface area contributed by atoms with Crippen LogP contribution in [0.5, 0.6) is 0 Å². The van der Waals surface area contributed by atoms with E-state index in [0.717, 1.165) is 18.8 Å². The van der Waals surface area contributed by atoms with Gasteiger partial charge >= 0.3 is 0 Å². The Kier molecular flexibility index (Phi) is 6.06. The number of anilines is 1. The van der Waals surface area contributed by atoms with Gasteiger partial charge in [0.05, 0.1) is 10.6 Å². The minimum Gasteiger partial charge on any atom is -0.384 e. The molecule has 0 unspecified atom stereocenters. The zero-order valence-corrected chi connectivity index (χ0v) is 13.7. The van der Waals surface area contributed by atoms with E-state index in [1.54, 1.807) is 19.1 Å². The molecule has 1 heterocycles. The second-order valence-corrected chi connectivity index (χ2v) is 7.89. The van der Waals surface area contributed by atoms with Gasteiger partial charge in [-0.1, -0.05) is 19.8 Å². The van der Waals surface area contributed by atoms with Crippen molar-refractivity contribution < 1.29 is 8.42 Å². The third kappa shape index (κ3) is 5.00. The predicted molar refractivity (Wildman–Crippen MR) is 87.6 cm³/mol. The molecule has 1 aromatic rings. The molecule has 1 N–H and O–H groups in total. The first kappa shape index (κ1) is 16.3. The molecule has 0 bridgehead atoms. The molecule has 1 aliphatic heterocycles. The molecule has 1 aliphatic rings. The highest BCUT2D eigenvalue weighted by Gasteiger charge is 2.11. The summed E-state index contributed by atoms with van der Waals surface area (Å²) >= 11 is 0.